The lowest BCUT2D eigenvalue weighted by atomic mass is 9.77. The van der Waals surface area contributed by atoms with Crippen LogP contribution in [0, 0.1) is 5.92 Å². The summed E-state index contributed by atoms with van der Waals surface area (Å²) in [5.74, 6) is 0.144. The summed E-state index contributed by atoms with van der Waals surface area (Å²) in [6.45, 7) is 0. The number of aromatic nitrogens is 1. The van der Waals surface area contributed by atoms with Gasteiger partial charge in [0.05, 0.1) is 11.8 Å². The molecule has 144 valence electrons. The van der Waals surface area contributed by atoms with Crippen LogP contribution in [0.4, 0.5) is 10.5 Å². The number of fused-ring (bicyclic) bond motifs is 3. The normalized spacial score (nSPS) is 19.9. The molecule has 2 heterocycles. The lowest BCUT2D eigenvalue weighted by Crippen LogP contribution is -2.34. The van der Waals surface area contributed by atoms with E-state index in [1.165, 1.54) is 5.56 Å². The molecule has 1 aliphatic carbocycles. The average Bonchev–Trinajstić information content (AvgIpc) is 3.16. The summed E-state index contributed by atoms with van der Waals surface area (Å²) in [6, 6.07) is 18.9. The van der Waals surface area contributed by atoms with E-state index in [9.17, 15) is 4.79 Å². The summed E-state index contributed by atoms with van der Waals surface area (Å²) in [5, 5.41) is 9.95. The number of hydrogen-bond acceptors (Lipinski definition) is 3. The zero-order chi connectivity index (χ0) is 19.8. The lowest BCUT2D eigenvalue weighted by molar-refractivity contribution is 0.188. The molecule has 29 heavy (non-hydrogen) atoms. The SMILES string of the molecule is O=C(Nc1ccc(Cl)cc1)N1N=C2c3ccccc3CCC2C1c1cccnc1. The molecule has 3 aromatic rings. The number of nitrogens with zero attached hydrogens (tertiary/aromatic N) is 3. The summed E-state index contributed by atoms with van der Waals surface area (Å²) in [4.78, 5) is 17.5. The molecule has 1 N–H and O–H groups in total. The largest absolute Gasteiger partial charge is 0.342 e. The number of carbonyl (C=O) groups is 1. The van der Waals surface area contributed by atoms with Crippen LogP contribution in [0.25, 0.3) is 0 Å². The van der Waals surface area contributed by atoms with Gasteiger partial charge in [-0.05, 0) is 54.3 Å². The van der Waals surface area contributed by atoms with Gasteiger partial charge in [0.25, 0.3) is 0 Å². The minimum atomic E-state index is -0.263. The molecular formula is C23H19ClN4O. The number of amides is 2. The van der Waals surface area contributed by atoms with Gasteiger partial charge in [0.15, 0.2) is 0 Å². The molecule has 0 spiro atoms. The van der Waals surface area contributed by atoms with Crippen LogP contribution >= 0.6 is 11.6 Å². The van der Waals surface area contributed by atoms with E-state index in [2.05, 4.69) is 28.5 Å². The summed E-state index contributed by atoms with van der Waals surface area (Å²) in [7, 11) is 0. The highest BCUT2D eigenvalue weighted by molar-refractivity contribution is 6.30. The fraction of sp³-hybridized carbons (Fsp3) is 0.174. The van der Waals surface area contributed by atoms with Crippen LogP contribution in [0.3, 0.4) is 0 Å². The highest BCUT2D eigenvalue weighted by atomic mass is 35.5. The number of anilines is 1. The fourth-order valence-electron chi connectivity index (χ4n) is 4.23. The first kappa shape index (κ1) is 17.9. The van der Waals surface area contributed by atoms with E-state index in [-0.39, 0.29) is 18.0 Å². The van der Waals surface area contributed by atoms with E-state index < -0.39 is 0 Å². The van der Waals surface area contributed by atoms with Crippen molar-refractivity contribution in [3.63, 3.8) is 0 Å². The molecule has 2 amide bonds. The van der Waals surface area contributed by atoms with Crippen molar-refractivity contribution in [3.8, 4) is 0 Å². The first-order valence-electron chi connectivity index (χ1n) is 9.63. The van der Waals surface area contributed by atoms with Crippen LogP contribution in [-0.4, -0.2) is 21.7 Å². The Balaban J connectivity index is 1.53. The van der Waals surface area contributed by atoms with Crippen LogP contribution < -0.4 is 5.32 Å². The van der Waals surface area contributed by atoms with Crippen molar-refractivity contribution in [3.05, 3.63) is 94.8 Å². The van der Waals surface area contributed by atoms with E-state index in [1.54, 1.807) is 35.5 Å². The molecule has 1 aromatic heterocycles. The molecule has 2 unspecified atom stereocenters. The second-order valence-electron chi connectivity index (χ2n) is 7.30. The molecule has 1 aliphatic heterocycles. The monoisotopic (exact) mass is 402 g/mol. The summed E-state index contributed by atoms with van der Waals surface area (Å²) in [6.07, 6.45) is 5.49. The van der Waals surface area contributed by atoms with Gasteiger partial charge in [-0.2, -0.15) is 5.10 Å². The maximum Gasteiger partial charge on any atom is 0.342 e. The molecular weight excluding hydrogens is 384 g/mol. The lowest BCUT2D eigenvalue weighted by Gasteiger charge is -2.29. The standard InChI is InChI=1S/C23H19ClN4O/c24-17-8-10-18(11-9-17)26-23(29)28-22(16-5-3-13-25-14-16)20-12-7-15-4-1-2-6-19(15)21(20)27-28/h1-6,8-11,13-14,20,22H,7,12H2,(H,26,29). The van der Waals surface area contributed by atoms with Gasteiger partial charge < -0.3 is 5.32 Å². The van der Waals surface area contributed by atoms with Gasteiger partial charge in [0, 0.05) is 34.6 Å². The van der Waals surface area contributed by atoms with Crippen molar-refractivity contribution < 1.29 is 4.79 Å². The molecule has 0 fully saturated rings. The Kier molecular flexibility index (Phi) is 4.52. The fourth-order valence-corrected chi connectivity index (χ4v) is 4.36. The maximum atomic E-state index is 13.2. The number of pyridine rings is 1. The number of halogens is 1. The quantitative estimate of drug-likeness (QED) is 0.633. The third-order valence-corrected chi connectivity index (χ3v) is 5.81. The van der Waals surface area contributed by atoms with Crippen molar-refractivity contribution in [2.75, 3.05) is 5.32 Å². The van der Waals surface area contributed by atoms with Gasteiger partial charge in [0.1, 0.15) is 0 Å². The van der Waals surface area contributed by atoms with Gasteiger partial charge in [-0.1, -0.05) is 41.9 Å². The van der Waals surface area contributed by atoms with Crippen molar-refractivity contribution in [1.82, 2.24) is 9.99 Å². The number of urea groups is 1. The average molecular weight is 403 g/mol. The van der Waals surface area contributed by atoms with Crippen molar-refractivity contribution >= 4 is 29.0 Å². The Bertz CT molecular complexity index is 1080. The van der Waals surface area contributed by atoms with E-state index in [0.29, 0.717) is 10.7 Å². The second kappa shape index (κ2) is 7.33. The molecule has 5 rings (SSSR count). The predicted molar refractivity (Wildman–Crippen MR) is 114 cm³/mol. The number of hydrazone groups is 1. The molecule has 0 bridgehead atoms. The van der Waals surface area contributed by atoms with Gasteiger partial charge >= 0.3 is 6.03 Å². The molecule has 0 saturated heterocycles. The number of nitrogens with one attached hydrogen (secondary N) is 1. The van der Waals surface area contributed by atoms with Crippen molar-refractivity contribution in [1.29, 1.82) is 0 Å². The number of benzene rings is 2. The molecule has 0 saturated carbocycles. The van der Waals surface area contributed by atoms with Gasteiger partial charge in [0.2, 0.25) is 0 Å². The van der Waals surface area contributed by atoms with Gasteiger partial charge in [-0.3, -0.25) is 4.98 Å². The first-order valence-corrected chi connectivity index (χ1v) is 10.0. The molecule has 5 nitrogen and oxygen atoms in total. The predicted octanol–water partition coefficient (Wildman–Crippen LogP) is 5.29. The smallest absolute Gasteiger partial charge is 0.306 e. The third-order valence-electron chi connectivity index (χ3n) is 5.56. The molecule has 0 radical (unpaired) electrons. The van der Waals surface area contributed by atoms with Crippen molar-refractivity contribution in [2.45, 2.75) is 18.9 Å². The van der Waals surface area contributed by atoms with Crippen LogP contribution in [0.1, 0.15) is 29.2 Å². The number of carbonyl (C=O) groups excluding carboxylic acids is 1. The highest BCUT2D eigenvalue weighted by Crippen LogP contribution is 2.43. The Morgan fingerprint density at radius 2 is 1.90 bits per heavy atom. The number of aryl methyl sites for hydroxylation is 1. The van der Waals surface area contributed by atoms with Gasteiger partial charge in [-0.25, -0.2) is 9.80 Å². The van der Waals surface area contributed by atoms with Crippen LogP contribution in [0.15, 0.2) is 78.2 Å². The number of rotatable bonds is 2. The van der Waals surface area contributed by atoms with Crippen LogP contribution in [0.2, 0.25) is 5.02 Å². The molecule has 2 atom stereocenters. The molecule has 2 aliphatic rings. The summed E-state index contributed by atoms with van der Waals surface area (Å²) in [5.41, 5.74) is 5.07. The topological polar surface area (TPSA) is 57.6 Å². The Morgan fingerprint density at radius 1 is 1.07 bits per heavy atom. The van der Waals surface area contributed by atoms with E-state index in [1.807, 2.05) is 24.4 Å². The van der Waals surface area contributed by atoms with E-state index >= 15 is 0 Å². The summed E-state index contributed by atoms with van der Waals surface area (Å²) >= 11 is 5.96. The Morgan fingerprint density at radius 3 is 2.69 bits per heavy atom. The first-order chi connectivity index (χ1) is 14.2. The minimum Gasteiger partial charge on any atom is -0.306 e. The van der Waals surface area contributed by atoms with E-state index in [4.69, 9.17) is 16.7 Å². The maximum absolute atomic E-state index is 13.2. The summed E-state index contributed by atoms with van der Waals surface area (Å²) < 4.78 is 0. The number of hydrogen-bond donors (Lipinski definition) is 1. The molecule has 6 heteroatoms. The minimum absolute atomic E-state index is 0.144. The Hall–Kier alpha value is -3.18. The zero-order valence-electron chi connectivity index (χ0n) is 15.6. The van der Waals surface area contributed by atoms with Crippen LogP contribution in [0.5, 0.6) is 0 Å². The third kappa shape index (κ3) is 3.28. The second-order valence-corrected chi connectivity index (χ2v) is 7.74. The highest BCUT2D eigenvalue weighted by Gasteiger charge is 2.44. The van der Waals surface area contributed by atoms with E-state index in [0.717, 1.165) is 29.7 Å². The van der Waals surface area contributed by atoms with Gasteiger partial charge in [-0.15, -0.1) is 0 Å². The van der Waals surface area contributed by atoms with Crippen LogP contribution in [-0.2, 0) is 6.42 Å². The Labute approximate surface area is 174 Å². The molecule has 2 aromatic carbocycles. The zero-order valence-corrected chi connectivity index (χ0v) is 16.4. The van der Waals surface area contributed by atoms with Crippen molar-refractivity contribution in [2.24, 2.45) is 11.0 Å².